The molecule has 1 aromatic heterocycles. The highest BCUT2D eigenvalue weighted by Gasteiger charge is 2.52. The van der Waals surface area contributed by atoms with Gasteiger partial charge in [-0.15, -0.1) is 0 Å². The maximum atomic E-state index is 13.0. The molecule has 1 amide bonds. The quantitative estimate of drug-likeness (QED) is 0.922. The lowest BCUT2D eigenvalue weighted by Crippen LogP contribution is -2.37. The van der Waals surface area contributed by atoms with Gasteiger partial charge < -0.3 is 10.6 Å². The Morgan fingerprint density at radius 2 is 2.10 bits per heavy atom. The summed E-state index contributed by atoms with van der Waals surface area (Å²) in [6.45, 7) is 3.40. The molecule has 116 valence electrons. The summed E-state index contributed by atoms with van der Waals surface area (Å²) < 4.78 is 39.0. The maximum Gasteiger partial charge on any atom is 0.394 e. The fraction of sp³-hybridized carbons (Fsp3) is 0.615. The second-order valence-corrected chi connectivity index (χ2v) is 5.49. The molecule has 1 aromatic rings. The zero-order valence-corrected chi connectivity index (χ0v) is 11.8. The van der Waals surface area contributed by atoms with Crippen molar-refractivity contribution >= 4 is 11.7 Å². The molecule has 2 heterocycles. The molecule has 0 aliphatic carbocycles. The van der Waals surface area contributed by atoms with Crippen molar-refractivity contribution in [3.63, 3.8) is 0 Å². The van der Waals surface area contributed by atoms with E-state index in [0.29, 0.717) is 11.6 Å². The lowest BCUT2D eigenvalue weighted by Gasteiger charge is -2.19. The number of rotatable bonds is 3. The topological polar surface area (TPSA) is 72.1 Å². The average Bonchev–Trinajstić information content (AvgIpc) is 2.84. The van der Waals surface area contributed by atoms with E-state index in [1.54, 1.807) is 6.07 Å². The fourth-order valence-electron chi connectivity index (χ4n) is 2.43. The number of nitrogens with zero attached hydrogens (tertiary/aromatic N) is 3. The zero-order chi connectivity index (χ0) is 15.8. The number of carbonyl (C=O) groups is 1. The van der Waals surface area contributed by atoms with Gasteiger partial charge in [0.05, 0.1) is 11.8 Å². The molecule has 0 saturated carbocycles. The molecular formula is C13H17F3N4O. The van der Waals surface area contributed by atoms with Crippen molar-refractivity contribution in [3.8, 4) is 0 Å². The predicted molar refractivity (Wildman–Crippen MR) is 70.6 cm³/mol. The highest BCUT2D eigenvalue weighted by Crippen LogP contribution is 2.38. The van der Waals surface area contributed by atoms with Crippen molar-refractivity contribution in [1.82, 2.24) is 9.97 Å². The second-order valence-electron chi connectivity index (χ2n) is 5.49. The van der Waals surface area contributed by atoms with Gasteiger partial charge in [0, 0.05) is 25.2 Å². The number of amides is 1. The number of primary amides is 1. The van der Waals surface area contributed by atoms with Crippen LogP contribution in [0.4, 0.5) is 19.0 Å². The lowest BCUT2D eigenvalue weighted by atomic mass is 9.95. The molecular weight excluding hydrogens is 285 g/mol. The summed E-state index contributed by atoms with van der Waals surface area (Å²) in [6.07, 6.45) is -2.94. The van der Waals surface area contributed by atoms with Crippen molar-refractivity contribution in [3.05, 3.63) is 18.1 Å². The van der Waals surface area contributed by atoms with E-state index in [4.69, 9.17) is 5.73 Å². The van der Waals surface area contributed by atoms with Gasteiger partial charge in [-0.25, -0.2) is 9.97 Å². The van der Waals surface area contributed by atoms with E-state index in [0.717, 1.165) is 0 Å². The Labute approximate surface area is 120 Å². The first kappa shape index (κ1) is 15.5. The minimum absolute atomic E-state index is 0.0675. The van der Waals surface area contributed by atoms with Crippen LogP contribution in [0.3, 0.4) is 0 Å². The highest BCUT2D eigenvalue weighted by atomic mass is 19.4. The third-order valence-corrected chi connectivity index (χ3v) is 3.61. The molecule has 2 atom stereocenters. The van der Waals surface area contributed by atoms with Gasteiger partial charge in [0.1, 0.15) is 11.6 Å². The molecule has 1 aliphatic rings. The average molecular weight is 302 g/mol. The minimum atomic E-state index is -4.46. The molecule has 8 heteroatoms. The van der Waals surface area contributed by atoms with Crippen molar-refractivity contribution < 1.29 is 18.0 Å². The van der Waals surface area contributed by atoms with Gasteiger partial charge in [-0.2, -0.15) is 13.2 Å². The fourth-order valence-corrected chi connectivity index (χ4v) is 2.43. The Balaban J connectivity index is 2.27. The summed E-state index contributed by atoms with van der Waals surface area (Å²) >= 11 is 0. The van der Waals surface area contributed by atoms with E-state index in [1.165, 1.54) is 11.1 Å². The third-order valence-electron chi connectivity index (χ3n) is 3.61. The van der Waals surface area contributed by atoms with Crippen LogP contribution in [0.15, 0.2) is 12.3 Å². The molecule has 0 aromatic carbocycles. The van der Waals surface area contributed by atoms with E-state index >= 15 is 0 Å². The number of anilines is 1. The Hall–Kier alpha value is -1.86. The molecule has 1 saturated heterocycles. The highest BCUT2D eigenvalue weighted by molar-refractivity contribution is 5.78. The van der Waals surface area contributed by atoms with Crippen LogP contribution in [-0.4, -0.2) is 35.1 Å². The van der Waals surface area contributed by atoms with Crippen LogP contribution in [-0.2, 0) is 4.79 Å². The Morgan fingerprint density at radius 3 is 2.57 bits per heavy atom. The van der Waals surface area contributed by atoms with Gasteiger partial charge in [-0.05, 0) is 6.07 Å². The van der Waals surface area contributed by atoms with Gasteiger partial charge in [0.15, 0.2) is 0 Å². The van der Waals surface area contributed by atoms with Gasteiger partial charge in [0.2, 0.25) is 5.91 Å². The van der Waals surface area contributed by atoms with E-state index < -0.39 is 23.9 Å². The predicted octanol–water partition coefficient (Wildman–Crippen LogP) is 1.70. The zero-order valence-electron chi connectivity index (χ0n) is 11.8. The second kappa shape index (κ2) is 5.50. The first-order valence-electron chi connectivity index (χ1n) is 6.64. The lowest BCUT2D eigenvalue weighted by molar-refractivity contribution is -0.181. The summed E-state index contributed by atoms with van der Waals surface area (Å²) in [4.78, 5) is 21.1. The van der Waals surface area contributed by atoms with Crippen LogP contribution in [0.2, 0.25) is 0 Å². The number of alkyl halides is 3. The standard InChI is InChI=1S/C13H17F3N4O/c1-7(2)12-18-4-3-10(19-12)20-5-8(11(17)21)9(6-20)13(14,15)16/h3-4,7-9H,5-6H2,1-2H3,(H2,17,21)/t8-,9-/m1/s1. The Morgan fingerprint density at radius 1 is 1.43 bits per heavy atom. The smallest absolute Gasteiger partial charge is 0.369 e. The largest absolute Gasteiger partial charge is 0.394 e. The number of halogens is 3. The number of hydrogen-bond acceptors (Lipinski definition) is 4. The number of aromatic nitrogens is 2. The van der Waals surface area contributed by atoms with E-state index in [-0.39, 0.29) is 19.0 Å². The molecule has 1 aliphatic heterocycles. The van der Waals surface area contributed by atoms with Crippen molar-refractivity contribution in [2.24, 2.45) is 17.6 Å². The van der Waals surface area contributed by atoms with Crippen LogP contribution in [0.1, 0.15) is 25.6 Å². The first-order chi connectivity index (χ1) is 9.70. The van der Waals surface area contributed by atoms with E-state index in [2.05, 4.69) is 9.97 Å². The van der Waals surface area contributed by atoms with E-state index in [9.17, 15) is 18.0 Å². The number of nitrogens with two attached hydrogens (primary N) is 1. The first-order valence-corrected chi connectivity index (χ1v) is 6.64. The molecule has 5 nitrogen and oxygen atoms in total. The summed E-state index contributed by atoms with van der Waals surface area (Å²) in [5, 5.41) is 0. The van der Waals surface area contributed by atoms with Gasteiger partial charge in [-0.3, -0.25) is 4.79 Å². The van der Waals surface area contributed by atoms with Crippen LogP contribution in [0.25, 0.3) is 0 Å². The number of carbonyl (C=O) groups excluding carboxylic acids is 1. The third kappa shape index (κ3) is 3.25. The van der Waals surface area contributed by atoms with Crippen LogP contribution in [0.5, 0.6) is 0 Å². The molecule has 2 N–H and O–H groups in total. The summed E-state index contributed by atoms with van der Waals surface area (Å²) in [5.74, 6) is -2.92. The Bertz CT molecular complexity index is 532. The summed E-state index contributed by atoms with van der Waals surface area (Å²) in [6, 6.07) is 1.54. The summed E-state index contributed by atoms with van der Waals surface area (Å²) in [5.41, 5.74) is 5.10. The molecule has 0 bridgehead atoms. The van der Waals surface area contributed by atoms with Crippen LogP contribution in [0, 0.1) is 11.8 Å². The van der Waals surface area contributed by atoms with Crippen molar-refractivity contribution in [1.29, 1.82) is 0 Å². The molecule has 0 unspecified atom stereocenters. The van der Waals surface area contributed by atoms with E-state index in [1.807, 2.05) is 13.8 Å². The van der Waals surface area contributed by atoms with Crippen molar-refractivity contribution in [2.75, 3.05) is 18.0 Å². The maximum absolute atomic E-state index is 13.0. The SMILES string of the molecule is CC(C)c1nccc(N2C[C@@H](C(F)(F)F)[C@H](C(N)=O)C2)n1. The monoisotopic (exact) mass is 302 g/mol. The normalized spacial score (nSPS) is 22.9. The molecule has 21 heavy (non-hydrogen) atoms. The van der Waals surface area contributed by atoms with Crippen LogP contribution < -0.4 is 10.6 Å². The summed E-state index contributed by atoms with van der Waals surface area (Å²) in [7, 11) is 0. The molecule has 1 fully saturated rings. The molecule has 2 rings (SSSR count). The number of hydrogen-bond donors (Lipinski definition) is 1. The van der Waals surface area contributed by atoms with Gasteiger partial charge in [-0.1, -0.05) is 13.8 Å². The molecule has 0 spiro atoms. The van der Waals surface area contributed by atoms with Gasteiger partial charge >= 0.3 is 6.18 Å². The van der Waals surface area contributed by atoms with Crippen LogP contribution >= 0.6 is 0 Å². The molecule has 0 radical (unpaired) electrons. The Kier molecular flexibility index (Phi) is 4.06. The van der Waals surface area contributed by atoms with Crippen molar-refractivity contribution in [2.45, 2.75) is 25.9 Å². The minimum Gasteiger partial charge on any atom is -0.369 e. The van der Waals surface area contributed by atoms with Gasteiger partial charge in [0.25, 0.3) is 0 Å².